The molecule has 172 valence electrons. The third kappa shape index (κ3) is 5.35. The molecular weight excluding hydrogens is 426 g/mol. The van der Waals surface area contributed by atoms with Gasteiger partial charge in [0, 0.05) is 23.6 Å². The number of carbonyl (C=O) groups excluding carboxylic acids is 1. The first-order chi connectivity index (χ1) is 15.9. The lowest BCUT2D eigenvalue weighted by Gasteiger charge is -2.30. The van der Waals surface area contributed by atoms with Crippen LogP contribution in [-0.2, 0) is 11.3 Å². The number of benzene rings is 2. The van der Waals surface area contributed by atoms with Crippen LogP contribution in [0.1, 0.15) is 24.3 Å². The van der Waals surface area contributed by atoms with Gasteiger partial charge in [0.05, 0.1) is 24.3 Å². The summed E-state index contributed by atoms with van der Waals surface area (Å²) in [6.07, 6.45) is 1.36. The number of nitro groups is 1. The van der Waals surface area contributed by atoms with Crippen LogP contribution in [0.4, 0.5) is 11.4 Å². The van der Waals surface area contributed by atoms with E-state index in [1.165, 1.54) is 12.1 Å². The molecule has 33 heavy (non-hydrogen) atoms. The molecule has 2 heterocycles. The fourth-order valence-corrected chi connectivity index (χ4v) is 3.81. The molecule has 0 spiro atoms. The second kappa shape index (κ2) is 9.78. The number of likely N-dealkylation sites (tertiary alicyclic amines) is 1. The van der Waals surface area contributed by atoms with Gasteiger partial charge in [0.2, 0.25) is 17.6 Å². The predicted molar refractivity (Wildman–Crippen MR) is 121 cm³/mol. The van der Waals surface area contributed by atoms with E-state index in [0.29, 0.717) is 49.9 Å². The molecule has 10 heteroatoms. The summed E-state index contributed by atoms with van der Waals surface area (Å²) in [5, 5.41) is 17.9. The molecule has 1 amide bonds. The summed E-state index contributed by atoms with van der Waals surface area (Å²) in [4.78, 5) is 29.9. The number of amides is 1. The molecule has 10 nitrogen and oxygen atoms in total. The number of nitrogens with zero attached hydrogens (tertiary/aromatic N) is 4. The van der Waals surface area contributed by atoms with Crippen LogP contribution in [0.25, 0.3) is 11.4 Å². The predicted octanol–water partition coefficient (Wildman–Crippen LogP) is 3.81. The van der Waals surface area contributed by atoms with Crippen molar-refractivity contribution in [3.63, 3.8) is 0 Å². The fourth-order valence-electron chi connectivity index (χ4n) is 3.81. The van der Waals surface area contributed by atoms with Crippen molar-refractivity contribution >= 4 is 17.3 Å². The van der Waals surface area contributed by atoms with E-state index in [2.05, 4.69) is 20.4 Å². The van der Waals surface area contributed by atoms with Crippen molar-refractivity contribution in [2.75, 3.05) is 25.5 Å². The molecule has 1 saturated heterocycles. The second-order valence-electron chi connectivity index (χ2n) is 8.04. The first-order valence-electron chi connectivity index (χ1n) is 10.7. The summed E-state index contributed by atoms with van der Waals surface area (Å²) >= 11 is 0. The number of aromatic nitrogens is 2. The normalized spacial score (nSPS) is 14.7. The lowest BCUT2D eigenvalue weighted by atomic mass is 9.95. The lowest BCUT2D eigenvalue weighted by molar-refractivity contribution is -0.384. The van der Waals surface area contributed by atoms with E-state index in [1.54, 1.807) is 13.2 Å². The number of nitrogens with one attached hydrogen (secondary N) is 1. The number of rotatable bonds is 7. The highest BCUT2D eigenvalue weighted by Crippen LogP contribution is 2.26. The van der Waals surface area contributed by atoms with Crippen molar-refractivity contribution < 1.29 is 19.0 Å². The molecule has 2 aromatic carbocycles. The zero-order valence-electron chi connectivity index (χ0n) is 18.5. The van der Waals surface area contributed by atoms with Gasteiger partial charge < -0.3 is 14.6 Å². The summed E-state index contributed by atoms with van der Waals surface area (Å²) in [7, 11) is 1.61. The highest BCUT2D eigenvalue weighted by atomic mass is 16.6. The Hall–Kier alpha value is -3.79. The minimum Gasteiger partial charge on any atom is -0.497 e. The average Bonchev–Trinajstić information content (AvgIpc) is 3.29. The van der Waals surface area contributed by atoms with Gasteiger partial charge in [-0.25, -0.2) is 0 Å². The smallest absolute Gasteiger partial charge is 0.271 e. The van der Waals surface area contributed by atoms with Crippen LogP contribution in [0, 0.1) is 23.0 Å². The molecule has 1 aromatic heterocycles. The van der Waals surface area contributed by atoms with Gasteiger partial charge in [-0.3, -0.25) is 19.8 Å². The number of piperidine rings is 1. The number of nitro benzene ring substituents is 1. The number of carbonyl (C=O) groups is 1. The summed E-state index contributed by atoms with van der Waals surface area (Å²) in [6.45, 7) is 3.76. The highest BCUT2D eigenvalue weighted by Gasteiger charge is 2.26. The van der Waals surface area contributed by atoms with Gasteiger partial charge in [-0.15, -0.1) is 0 Å². The maximum absolute atomic E-state index is 12.7. The Morgan fingerprint density at radius 1 is 1.24 bits per heavy atom. The Kier molecular flexibility index (Phi) is 6.64. The fraction of sp³-hybridized carbons (Fsp3) is 0.348. The molecule has 3 aromatic rings. The maximum Gasteiger partial charge on any atom is 0.271 e. The summed E-state index contributed by atoms with van der Waals surface area (Å²) < 4.78 is 10.6. The van der Waals surface area contributed by atoms with Gasteiger partial charge in [0.1, 0.15) is 5.75 Å². The van der Waals surface area contributed by atoms with E-state index in [4.69, 9.17) is 9.26 Å². The molecule has 0 unspecified atom stereocenters. The lowest BCUT2D eigenvalue weighted by Crippen LogP contribution is -2.37. The van der Waals surface area contributed by atoms with Crippen LogP contribution in [0.3, 0.4) is 0 Å². The Morgan fingerprint density at radius 2 is 1.97 bits per heavy atom. The van der Waals surface area contributed by atoms with Crippen molar-refractivity contribution in [3.05, 3.63) is 64.0 Å². The number of methoxy groups -OCH3 is 1. The largest absolute Gasteiger partial charge is 0.497 e. The van der Waals surface area contributed by atoms with E-state index >= 15 is 0 Å². The van der Waals surface area contributed by atoms with Crippen molar-refractivity contribution in [2.24, 2.45) is 5.92 Å². The van der Waals surface area contributed by atoms with Gasteiger partial charge in [-0.1, -0.05) is 11.2 Å². The van der Waals surface area contributed by atoms with Crippen LogP contribution < -0.4 is 10.1 Å². The SMILES string of the molecule is COc1ccc(-c2noc(CN3CCC(C(=O)Nc4cc([N+](=O)[O-])ccc4C)CC3)n2)cc1. The number of anilines is 1. The van der Waals surface area contributed by atoms with Gasteiger partial charge in [-0.2, -0.15) is 4.98 Å². The molecule has 1 aliphatic rings. The van der Waals surface area contributed by atoms with Crippen LogP contribution in [0.2, 0.25) is 0 Å². The molecule has 4 rings (SSSR count). The van der Waals surface area contributed by atoms with E-state index in [-0.39, 0.29) is 17.5 Å². The van der Waals surface area contributed by atoms with Gasteiger partial charge >= 0.3 is 0 Å². The molecule has 0 atom stereocenters. The second-order valence-corrected chi connectivity index (χ2v) is 8.04. The summed E-state index contributed by atoms with van der Waals surface area (Å²) in [6, 6.07) is 11.9. The highest BCUT2D eigenvalue weighted by molar-refractivity contribution is 5.93. The standard InChI is InChI=1S/C23H25N5O5/c1-15-3-6-18(28(30)31)13-20(15)24-23(29)17-9-11-27(12-10-17)14-21-25-22(26-33-21)16-4-7-19(32-2)8-5-16/h3-8,13,17H,9-12,14H2,1-2H3,(H,24,29). The third-order valence-corrected chi connectivity index (χ3v) is 5.82. The van der Waals surface area contributed by atoms with Crippen molar-refractivity contribution in [3.8, 4) is 17.1 Å². The molecule has 0 saturated carbocycles. The number of non-ortho nitro benzene ring substituents is 1. The van der Waals surface area contributed by atoms with E-state index in [9.17, 15) is 14.9 Å². The maximum atomic E-state index is 12.7. The van der Waals surface area contributed by atoms with Gasteiger partial charge in [-0.05, 0) is 62.7 Å². The quantitative estimate of drug-likeness (QED) is 0.425. The summed E-state index contributed by atoms with van der Waals surface area (Å²) in [5.74, 6) is 1.54. The molecule has 0 radical (unpaired) electrons. The first kappa shape index (κ1) is 22.4. The van der Waals surface area contributed by atoms with Crippen LogP contribution in [-0.4, -0.2) is 46.1 Å². The molecule has 0 bridgehead atoms. The van der Waals surface area contributed by atoms with Crippen LogP contribution >= 0.6 is 0 Å². The van der Waals surface area contributed by atoms with Crippen molar-refractivity contribution in [1.82, 2.24) is 15.0 Å². The third-order valence-electron chi connectivity index (χ3n) is 5.82. The molecule has 0 aliphatic carbocycles. The topological polar surface area (TPSA) is 124 Å². The Morgan fingerprint density at radius 3 is 2.64 bits per heavy atom. The van der Waals surface area contributed by atoms with Crippen LogP contribution in [0.5, 0.6) is 5.75 Å². The number of hydrogen-bond donors (Lipinski definition) is 1. The van der Waals surface area contributed by atoms with Crippen molar-refractivity contribution in [1.29, 1.82) is 0 Å². The van der Waals surface area contributed by atoms with Gasteiger partial charge in [0.15, 0.2) is 0 Å². The average molecular weight is 451 g/mol. The monoisotopic (exact) mass is 451 g/mol. The zero-order valence-corrected chi connectivity index (χ0v) is 18.5. The van der Waals surface area contributed by atoms with Gasteiger partial charge in [0.25, 0.3) is 5.69 Å². The Bertz CT molecular complexity index is 1140. The van der Waals surface area contributed by atoms with E-state index in [0.717, 1.165) is 16.9 Å². The number of aryl methyl sites for hydroxylation is 1. The number of hydrogen-bond acceptors (Lipinski definition) is 8. The minimum atomic E-state index is -0.467. The van der Waals surface area contributed by atoms with E-state index in [1.807, 2.05) is 31.2 Å². The van der Waals surface area contributed by atoms with Crippen molar-refractivity contribution in [2.45, 2.75) is 26.3 Å². The molecule has 1 N–H and O–H groups in total. The zero-order chi connectivity index (χ0) is 23.4. The molecular formula is C23H25N5O5. The molecule has 1 fully saturated rings. The molecule has 1 aliphatic heterocycles. The first-order valence-corrected chi connectivity index (χ1v) is 10.7. The Labute approximate surface area is 190 Å². The summed E-state index contributed by atoms with van der Waals surface area (Å²) in [5.41, 5.74) is 2.07. The van der Waals surface area contributed by atoms with Crippen LogP contribution in [0.15, 0.2) is 47.0 Å². The number of ether oxygens (including phenoxy) is 1. The minimum absolute atomic E-state index is 0.0423. The Balaban J connectivity index is 1.30. The van der Waals surface area contributed by atoms with E-state index < -0.39 is 4.92 Å².